The molecule has 0 saturated carbocycles. The van der Waals surface area contributed by atoms with Crippen LogP contribution in [0.5, 0.6) is 0 Å². The molecule has 0 N–H and O–H groups in total. The zero-order chi connectivity index (χ0) is 15.8. The molecule has 21 heavy (non-hydrogen) atoms. The third kappa shape index (κ3) is 6.79. The Morgan fingerprint density at radius 3 is 2.48 bits per heavy atom. The molecule has 0 aromatic carbocycles. The van der Waals surface area contributed by atoms with E-state index in [0.29, 0.717) is 13.0 Å². The summed E-state index contributed by atoms with van der Waals surface area (Å²) in [6.45, 7) is 11.7. The molecule has 2 atom stereocenters. The predicted molar refractivity (Wildman–Crippen MR) is 85.4 cm³/mol. The maximum Gasteiger partial charge on any atom is 0.222 e. The molecule has 124 valence electrons. The quantitative estimate of drug-likeness (QED) is 0.613. The lowest BCUT2D eigenvalue weighted by Gasteiger charge is -2.25. The minimum atomic E-state index is 0.154. The first-order chi connectivity index (χ1) is 9.93. The Bertz CT molecular complexity index is 304. The maximum atomic E-state index is 12.4. The summed E-state index contributed by atoms with van der Waals surface area (Å²) in [6.07, 6.45) is 5.36. The van der Waals surface area contributed by atoms with Gasteiger partial charge in [-0.2, -0.15) is 0 Å². The summed E-state index contributed by atoms with van der Waals surface area (Å²) in [6, 6.07) is 0.172. The number of carbonyl (C=O) groups is 1. The van der Waals surface area contributed by atoms with Crippen LogP contribution in [0.3, 0.4) is 0 Å². The summed E-state index contributed by atoms with van der Waals surface area (Å²) in [5, 5.41) is 0. The predicted octanol–water partition coefficient (Wildman–Crippen LogP) is 3.39. The Kier molecular flexibility index (Phi) is 8.27. The number of unbranched alkanes of at least 4 members (excludes halogenated alkanes) is 2. The highest BCUT2D eigenvalue weighted by Crippen LogP contribution is 2.23. The van der Waals surface area contributed by atoms with E-state index in [1.807, 2.05) is 32.6 Å². The summed E-state index contributed by atoms with van der Waals surface area (Å²) in [5.41, 5.74) is 0. The van der Waals surface area contributed by atoms with E-state index in [0.717, 1.165) is 32.2 Å². The van der Waals surface area contributed by atoms with E-state index in [1.54, 1.807) is 0 Å². The van der Waals surface area contributed by atoms with Gasteiger partial charge in [0.1, 0.15) is 0 Å². The molecular weight excluding hydrogens is 266 g/mol. The molecule has 1 heterocycles. The second-order valence-electron chi connectivity index (χ2n) is 6.58. The minimum Gasteiger partial charge on any atom is -0.377 e. The van der Waals surface area contributed by atoms with Crippen LogP contribution in [0.1, 0.15) is 66.7 Å². The van der Waals surface area contributed by atoms with E-state index in [9.17, 15) is 4.79 Å². The Hall–Kier alpha value is -0.610. The van der Waals surface area contributed by atoms with Gasteiger partial charge in [-0.3, -0.25) is 4.79 Å². The van der Waals surface area contributed by atoms with Crippen LogP contribution in [0.2, 0.25) is 0 Å². The average Bonchev–Trinajstić information content (AvgIpc) is 2.78. The summed E-state index contributed by atoms with van der Waals surface area (Å²) in [4.78, 5) is 14.4. The van der Waals surface area contributed by atoms with Crippen molar-refractivity contribution in [3.8, 4) is 0 Å². The maximum absolute atomic E-state index is 12.4. The van der Waals surface area contributed by atoms with Crippen LogP contribution in [0.4, 0.5) is 0 Å². The van der Waals surface area contributed by atoms with E-state index < -0.39 is 0 Å². The fourth-order valence-electron chi connectivity index (χ4n) is 2.79. The van der Waals surface area contributed by atoms with E-state index in [4.69, 9.17) is 9.47 Å². The monoisotopic (exact) mass is 299 g/mol. The fourth-order valence-corrected chi connectivity index (χ4v) is 2.79. The van der Waals surface area contributed by atoms with E-state index in [-0.39, 0.29) is 30.3 Å². The normalized spacial score (nSPS) is 22.5. The number of ether oxygens (including phenoxy) is 2. The van der Waals surface area contributed by atoms with Crippen LogP contribution in [-0.4, -0.2) is 48.3 Å². The van der Waals surface area contributed by atoms with Crippen LogP contribution in [0.15, 0.2) is 0 Å². The standard InChI is InChI=1S/C17H33NO3/c1-6-7-8-9-17(19)18-11-16(21-14(4)5)10-15(18)12-20-13(2)3/h13-16H,6-12H2,1-5H3. The Labute approximate surface area is 130 Å². The van der Waals surface area contributed by atoms with Gasteiger partial charge < -0.3 is 14.4 Å². The lowest BCUT2D eigenvalue weighted by molar-refractivity contribution is -0.134. The number of hydrogen-bond acceptors (Lipinski definition) is 3. The first-order valence-electron chi connectivity index (χ1n) is 8.50. The molecule has 0 aromatic heterocycles. The molecule has 2 unspecified atom stereocenters. The van der Waals surface area contributed by atoms with Crippen molar-refractivity contribution in [1.82, 2.24) is 4.90 Å². The van der Waals surface area contributed by atoms with Crippen molar-refractivity contribution in [1.29, 1.82) is 0 Å². The second-order valence-corrected chi connectivity index (χ2v) is 6.58. The van der Waals surface area contributed by atoms with Gasteiger partial charge in [-0.25, -0.2) is 0 Å². The summed E-state index contributed by atoms with van der Waals surface area (Å²) >= 11 is 0. The molecule has 0 aromatic rings. The first-order valence-corrected chi connectivity index (χ1v) is 8.50. The fraction of sp³-hybridized carbons (Fsp3) is 0.941. The number of amides is 1. The molecule has 1 fully saturated rings. The summed E-state index contributed by atoms with van der Waals surface area (Å²) in [7, 11) is 0. The van der Waals surface area contributed by atoms with E-state index in [1.165, 1.54) is 0 Å². The van der Waals surface area contributed by atoms with Crippen molar-refractivity contribution in [2.45, 2.75) is 91.1 Å². The van der Waals surface area contributed by atoms with Gasteiger partial charge in [0.15, 0.2) is 0 Å². The number of hydrogen-bond donors (Lipinski definition) is 0. The molecule has 0 spiro atoms. The summed E-state index contributed by atoms with van der Waals surface area (Å²) in [5.74, 6) is 0.260. The molecule has 0 bridgehead atoms. The van der Waals surface area contributed by atoms with Crippen molar-refractivity contribution < 1.29 is 14.3 Å². The third-order valence-electron chi connectivity index (χ3n) is 3.78. The van der Waals surface area contributed by atoms with Crippen LogP contribution >= 0.6 is 0 Å². The minimum absolute atomic E-state index is 0.154. The highest BCUT2D eigenvalue weighted by molar-refractivity contribution is 5.76. The Balaban J connectivity index is 2.55. The largest absolute Gasteiger partial charge is 0.377 e. The van der Waals surface area contributed by atoms with Gasteiger partial charge in [0.2, 0.25) is 5.91 Å². The zero-order valence-electron chi connectivity index (χ0n) is 14.4. The topological polar surface area (TPSA) is 38.8 Å². The zero-order valence-corrected chi connectivity index (χ0v) is 14.4. The molecule has 1 aliphatic rings. The molecule has 0 radical (unpaired) electrons. The number of carbonyl (C=O) groups excluding carboxylic acids is 1. The van der Waals surface area contributed by atoms with Gasteiger partial charge >= 0.3 is 0 Å². The third-order valence-corrected chi connectivity index (χ3v) is 3.78. The van der Waals surface area contributed by atoms with E-state index >= 15 is 0 Å². The highest BCUT2D eigenvalue weighted by Gasteiger charge is 2.36. The van der Waals surface area contributed by atoms with Gasteiger partial charge in [0.05, 0.1) is 31.0 Å². The molecule has 0 aliphatic carbocycles. The smallest absolute Gasteiger partial charge is 0.222 e. The molecule has 1 rings (SSSR count). The van der Waals surface area contributed by atoms with Crippen LogP contribution in [0.25, 0.3) is 0 Å². The van der Waals surface area contributed by atoms with Crippen molar-refractivity contribution in [2.75, 3.05) is 13.2 Å². The van der Waals surface area contributed by atoms with Crippen molar-refractivity contribution >= 4 is 5.91 Å². The average molecular weight is 299 g/mol. The number of likely N-dealkylation sites (tertiary alicyclic amines) is 1. The van der Waals surface area contributed by atoms with Crippen LogP contribution in [-0.2, 0) is 14.3 Å². The van der Waals surface area contributed by atoms with Crippen molar-refractivity contribution in [2.24, 2.45) is 0 Å². The Morgan fingerprint density at radius 1 is 1.19 bits per heavy atom. The lowest BCUT2D eigenvalue weighted by atomic mass is 10.1. The number of nitrogens with zero attached hydrogens (tertiary/aromatic N) is 1. The van der Waals surface area contributed by atoms with Crippen molar-refractivity contribution in [3.05, 3.63) is 0 Å². The second kappa shape index (κ2) is 9.42. The van der Waals surface area contributed by atoms with Gasteiger partial charge in [-0.15, -0.1) is 0 Å². The first kappa shape index (κ1) is 18.4. The number of rotatable bonds is 9. The molecule has 1 amide bonds. The van der Waals surface area contributed by atoms with E-state index in [2.05, 4.69) is 6.92 Å². The van der Waals surface area contributed by atoms with Gasteiger partial charge in [0.25, 0.3) is 0 Å². The lowest BCUT2D eigenvalue weighted by Crippen LogP contribution is -2.39. The van der Waals surface area contributed by atoms with Crippen molar-refractivity contribution in [3.63, 3.8) is 0 Å². The Morgan fingerprint density at radius 2 is 1.90 bits per heavy atom. The SMILES string of the molecule is CCCCCC(=O)N1CC(OC(C)C)CC1COC(C)C. The molecular formula is C17H33NO3. The molecule has 4 nitrogen and oxygen atoms in total. The van der Waals surface area contributed by atoms with Gasteiger partial charge in [-0.05, 0) is 40.5 Å². The molecule has 1 saturated heterocycles. The van der Waals surface area contributed by atoms with Crippen LogP contribution in [0, 0.1) is 0 Å². The molecule has 1 aliphatic heterocycles. The van der Waals surface area contributed by atoms with Gasteiger partial charge in [-0.1, -0.05) is 19.8 Å². The molecule has 4 heteroatoms. The highest BCUT2D eigenvalue weighted by atomic mass is 16.5. The summed E-state index contributed by atoms with van der Waals surface area (Å²) < 4.78 is 11.6. The van der Waals surface area contributed by atoms with Gasteiger partial charge in [0, 0.05) is 13.0 Å². The van der Waals surface area contributed by atoms with Crippen LogP contribution < -0.4 is 0 Å².